The first-order valence-electron chi connectivity index (χ1n) is 12.1. The second kappa shape index (κ2) is 12.3. The summed E-state index contributed by atoms with van der Waals surface area (Å²) in [6, 6.07) is 5.89. The molecule has 0 unspecified atom stereocenters. The second-order valence-electron chi connectivity index (χ2n) is 9.34. The summed E-state index contributed by atoms with van der Waals surface area (Å²) in [6.45, 7) is 4.28. The zero-order valence-electron chi connectivity index (χ0n) is 21.9. The number of hydrogen-bond acceptors (Lipinski definition) is 14. The standard InChI is InChI=1S/C22H29N9O8S2/c1-22(2)17(20(33)31(22)39-41(34,35)36)29-19(32)16(15-11-40-21(24)28-15)30-38-8-7-37-14-5-3-12(4-6-14)18(23)27-13-9-25-26-10-13/h3-6,11,13,17,25-26H,7-10H2,1-2H3,(H2,23,27)(H2,24,28)(H,29,32)(H,34,35,36)/b30-16-/t17-/m1/s1. The number of rotatable bonds is 12. The van der Waals surface area contributed by atoms with Crippen molar-refractivity contribution < 1.29 is 36.4 Å². The summed E-state index contributed by atoms with van der Waals surface area (Å²) in [5, 5.41) is 8.41. The number of anilines is 1. The number of carbonyl (C=O) groups is 2. The Bertz CT molecular complexity index is 1440. The smallest absolute Gasteiger partial charge is 0.418 e. The van der Waals surface area contributed by atoms with Crippen molar-refractivity contribution in [3.63, 3.8) is 0 Å². The molecule has 2 fully saturated rings. The first-order valence-corrected chi connectivity index (χ1v) is 14.3. The number of oxime groups is 1. The number of nitrogens with one attached hydrogen (secondary N) is 3. The molecule has 41 heavy (non-hydrogen) atoms. The van der Waals surface area contributed by atoms with Crippen LogP contribution in [0, 0.1) is 0 Å². The normalized spacial score (nSPS) is 19.6. The van der Waals surface area contributed by atoms with Crippen molar-refractivity contribution in [2.45, 2.75) is 31.5 Å². The zero-order chi connectivity index (χ0) is 29.8. The number of amides is 2. The van der Waals surface area contributed by atoms with E-state index in [2.05, 4.69) is 35.6 Å². The van der Waals surface area contributed by atoms with Gasteiger partial charge in [0.25, 0.3) is 11.8 Å². The van der Waals surface area contributed by atoms with Gasteiger partial charge >= 0.3 is 10.4 Å². The molecule has 222 valence electrons. The Morgan fingerprint density at radius 2 is 1.95 bits per heavy atom. The number of amidine groups is 1. The van der Waals surface area contributed by atoms with E-state index in [-0.39, 0.29) is 35.8 Å². The van der Waals surface area contributed by atoms with Gasteiger partial charge in [-0.2, -0.15) is 13.5 Å². The van der Waals surface area contributed by atoms with Crippen LogP contribution < -0.4 is 32.4 Å². The first-order chi connectivity index (χ1) is 19.3. The Morgan fingerprint density at radius 1 is 1.27 bits per heavy atom. The maximum atomic E-state index is 13.0. The quantitative estimate of drug-likeness (QED) is 0.0402. The third-order valence-electron chi connectivity index (χ3n) is 5.97. The second-order valence-corrected chi connectivity index (χ2v) is 11.2. The van der Waals surface area contributed by atoms with Gasteiger partial charge in [-0.25, -0.2) is 4.98 Å². The van der Waals surface area contributed by atoms with Crippen molar-refractivity contribution in [3.05, 3.63) is 40.9 Å². The lowest BCUT2D eigenvalue weighted by Crippen LogP contribution is -2.76. The van der Waals surface area contributed by atoms with E-state index in [4.69, 9.17) is 25.6 Å². The fourth-order valence-corrected chi connectivity index (χ4v) is 4.87. The minimum atomic E-state index is -4.95. The van der Waals surface area contributed by atoms with Crippen LogP contribution in [0.4, 0.5) is 5.13 Å². The summed E-state index contributed by atoms with van der Waals surface area (Å²) in [6.07, 6.45) is 0. The van der Waals surface area contributed by atoms with Crippen LogP contribution in [0.3, 0.4) is 0 Å². The highest BCUT2D eigenvalue weighted by Gasteiger charge is 2.58. The highest BCUT2D eigenvalue weighted by atomic mass is 32.3. The molecule has 2 amide bonds. The number of benzene rings is 1. The number of hydrogen-bond donors (Lipinski definition) is 6. The summed E-state index contributed by atoms with van der Waals surface area (Å²) in [4.78, 5) is 39.2. The van der Waals surface area contributed by atoms with Crippen LogP contribution in [0.2, 0.25) is 0 Å². The molecular formula is C22H29N9O8S2. The lowest BCUT2D eigenvalue weighted by molar-refractivity contribution is -0.218. The maximum Gasteiger partial charge on any atom is 0.418 e. The molecule has 2 aromatic rings. The minimum Gasteiger partial charge on any atom is -0.490 e. The van der Waals surface area contributed by atoms with E-state index in [1.807, 2.05) is 0 Å². The SMILES string of the molecule is CC1(C)[C@H](NC(=O)/C(=N\OCCOc2ccc(C(N)=NC3CNNC3)cc2)c2csc(N)n2)C(=O)N1OS(=O)(=O)O. The minimum absolute atomic E-state index is 0.0484. The van der Waals surface area contributed by atoms with Crippen LogP contribution in [-0.4, -0.2) is 90.3 Å². The van der Waals surface area contributed by atoms with Crippen molar-refractivity contribution >= 4 is 50.2 Å². The molecule has 8 N–H and O–H groups in total. The third kappa shape index (κ3) is 7.45. The summed E-state index contributed by atoms with van der Waals surface area (Å²) in [5.41, 5.74) is 17.0. The molecule has 1 atom stereocenters. The van der Waals surface area contributed by atoms with E-state index < -0.39 is 33.8 Å². The van der Waals surface area contributed by atoms with E-state index in [9.17, 15) is 18.0 Å². The van der Waals surface area contributed by atoms with Crippen molar-refractivity contribution in [2.24, 2.45) is 15.9 Å². The van der Waals surface area contributed by atoms with Gasteiger partial charge in [0.05, 0.1) is 11.6 Å². The number of nitrogen functional groups attached to an aromatic ring is 1. The Morgan fingerprint density at radius 3 is 2.54 bits per heavy atom. The molecule has 0 saturated carbocycles. The van der Waals surface area contributed by atoms with Gasteiger partial charge in [0.15, 0.2) is 17.5 Å². The molecule has 0 spiro atoms. The van der Waals surface area contributed by atoms with Crippen molar-refractivity contribution in [3.8, 4) is 5.75 Å². The predicted octanol–water partition coefficient (Wildman–Crippen LogP) is -1.45. The number of β-lactam (4-membered cyclic amide) rings is 1. The molecular weight excluding hydrogens is 582 g/mol. The molecule has 1 aromatic carbocycles. The number of aromatic nitrogens is 1. The van der Waals surface area contributed by atoms with Gasteiger partial charge < -0.3 is 26.4 Å². The fraction of sp³-hybridized carbons (Fsp3) is 0.409. The van der Waals surface area contributed by atoms with Gasteiger partial charge in [0, 0.05) is 24.0 Å². The molecule has 2 aliphatic heterocycles. The van der Waals surface area contributed by atoms with Gasteiger partial charge in [-0.05, 0) is 38.1 Å². The summed E-state index contributed by atoms with van der Waals surface area (Å²) in [5.74, 6) is -0.776. The van der Waals surface area contributed by atoms with Crippen molar-refractivity contribution in [1.82, 2.24) is 26.2 Å². The molecule has 2 saturated heterocycles. The van der Waals surface area contributed by atoms with Crippen LogP contribution in [-0.2, 0) is 29.1 Å². The molecule has 0 radical (unpaired) electrons. The number of aliphatic imine (C=N–C) groups is 1. The average Bonchev–Trinajstić information content (AvgIpc) is 3.59. The molecule has 3 heterocycles. The Hall–Kier alpha value is -3.88. The molecule has 0 aliphatic carbocycles. The monoisotopic (exact) mass is 611 g/mol. The molecule has 19 heteroatoms. The molecule has 4 rings (SSSR count). The van der Waals surface area contributed by atoms with E-state index in [1.165, 1.54) is 19.2 Å². The lowest BCUT2D eigenvalue weighted by atomic mass is 9.84. The maximum absolute atomic E-state index is 13.0. The largest absolute Gasteiger partial charge is 0.490 e. The van der Waals surface area contributed by atoms with E-state index in [0.29, 0.717) is 29.7 Å². The molecule has 2 aliphatic rings. The number of nitrogens with two attached hydrogens (primary N) is 2. The van der Waals surface area contributed by atoms with Gasteiger partial charge in [-0.3, -0.25) is 30.0 Å². The molecule has 1 aromatic heterocycles. The summed E-state index contributed by atoms with van der Waals surface area (Å²) < 4.78 is 40.9. The number of thiazole rings is 1. The third-order valence-corrected chi connectivity index (χ3v) is 6.98. The van der Waals surface area contributed by atoms with Gasteiger partial charge in [-0.1, -0.05) is 5.16 Å². The molecule has 17 nitrogen and oxygen atoms in total. The van der Waals surface area contributed by atoms with Crippen LogP contribution in [0.1, 0.15) is 25.1 Å². The summed E-state index contributed by atoms with van der Waals surface area (Å²) >= 11 is 1.06. The zero-order valence-corrected chi connectivity index (χ0v) is 23.6. The van der Waals surface area contributed by atoms with E-state index in [0.717, 1.165) is 16.9 Å². The Labute approximate surface area is 238 Å². The average molecular weight is 612 g/mol. The lowest BCUT2D eigenvalue weighted by Gasteiger charge is -2.50. The van der Waals surface area contributed by atoms with Crippen LogP contribution in [0.5, 0.6) is 5.75 Å². The van der Waals surface area contributed by atoms with Crippen LogP contribution in [0.25, 0.3) is 0 Å². The van der Waals surface area contributed by atoms with E-state index >= 15 is 0 Å². The predicted molar refractivity (Wildman–Crippen MR) is 147 cm³/mol. The Kier molecular flexibility index (Phi) is 9.05. The van der Waals surface area contributed by atoms with Gasteiger partial charge in [-0.15, -0.1) is 15.6 Å². The van der Waals surface area contributed by atoms with Crippen LogP contribution >= 0.6 is 11.3 Å². The number of ether oxygens (including phenoxy) is 1. The van der Waals surface area contributed by atoms with Crippen molar-refractivity contribution in [1.29, 1.82) is 0 Å². The fourth-order valence-electron chi connectivity index (χ4n) is 3.86. The van der Waals surface area contributed by atoms with Gasteiger partial charge in [0.1, 0.15) is 29.9 Å². The van der Waals surface area contributed by atoms with E-state index in [1.54, 1.807) is 24.3 Å². The van der Waals surface area contributed by atoms with Crippen LogP contribution in [0.15, 0.2) is 39.8 Å². The number of nitrogens with zero attached hydrogens (tertiary/aromatic N) is 4. The van der Waals surface area contributed by atoms with Crippen molar-refractivity contribution in [2.75, 3.05) is 32.0 Å². The highest BCUT2D eigenvalue weighted by Crippen LogP contribution is 2.33. The first kappa shape index (κ1) is 30.1. The highest BCUT2D eigenvalue weighted by molar-refractivity contribution is 7.80. The number of hydrazine groups is 1. The topological polar surface area (TPSA) is 245 Å². The Balaban J connectivity index is 1.33. The molecule has 0 bridgehead atoms. The number of hydroxylamine groups is 2. The number of carbonyl (C=O) groups excluding carboxylic acids is 2. The van der Waals surface area contributed by atoms with Gasteiger partial charge in [0.2, 0.25) is 0 Å². The summed E-state index contributed by atoms with van der Waals surface area (Å²) in [7, 11) is -4.95.